The van der Waals surface area contributed by atoms with Crippen LogP contribution in [0.15, 0.2) is 59.7 Å². The molecule has 0 atom stereocenters. The van der Waals surface area contributed by atoms with Crippen molar-refractivity contribution < 1.29 is 4.74 Å². The number of anilines is 1. The summed E-state index contributed by atoms with van der Waals surface area (Å²) in [6, 6.07) is 17.7. The molecule has 0 bridgehead atoms. The Balaban J connectivity index is 1.94. The molecule has 2 aromatic carbocycles. The highest BCUT2D eigenvalue weighted by Gasteiger charge is 2.10. The van der Waals surface area contributed by atoms with Crippen LogP contribution in [0, 0.1) is 0 Å². The summed E-state index contributed by atoms with van der Waals surface area (Å²) in [4.78, 5) is 0. The van der Waals surface area contributed by atoms with Crippen LogP contribution in [-0.4, -0.2) is 11.8 Å². The third-order valence-corrected chi connectivity index (χ3v) is 2.49. The van der Waals surface area contributed by atoms with Gasteiger partial charge in [-0.1, -0.05) is 18.2 Å². The zero-order valence-corrected chi connectivity index (χ0v) is 12.1. The third kappa shape index (κ3) is 4.76. The minimum absolute atomic E-state index is 0.176. The van der Waals surface area contributed by atoms with Crippen LogP contribution in [0.4, 0.5) is 5.69 Å². The molecule has 2 aromatic rings. The lowest BCUT2D eigenvalue weighted by Crippen LogP contribution is -2.22. The Bertz CT molecular complexity index is 554. The first-order chi connectivity index (χ1) is 9.53. The van der Waals surface area contributed by atoms with Crippen LogP contribution in [0.5, 0.6) is 5.75 Å². The molecule has 0 radical (unpaired) electrons. The Morgan fingerprint density at radius 2 is 1.60 bits per heavy atom. The summed E-state index contributed by atoms with van der Waals surface area (Å²) in [5, 5.41) is 4.20. The molecule has 0 unspecified atom stereocenters. The first kappa shape index (κ1) is 14.1. The quantitative estimate of drug-likeness (QED) is 0.662. The number of rotatable bonds is 4. The van der Waals surface area contributed by atoms with Gasteiger partial charge in [0.15, 0.2) is 0 Å². The molecule has 0 aliphatic rings. The second kappa shape index (κ2) is 6.24. The van der Waals surface area contributed by atoms with Crippen molar-refractivity contribution in [2.45, 2.75) is 26.4 Å². The molecular weight excluding hydrogens is 248 g/mol. The molecule has 3 nitrogen and oxygen atoms in total. The second-order valence-corrected chi connectivity index (χ2v) is 5.52. The SMILES string of the molecule is CC(C)(C)Oc1ccc(/C=N/Nc2ccccc2)cc1. The number of benzene rings is 2. The number of para-hydroxylation sites is 1. The van der Waals surface area contributed by atoms with Crippen molar-refractivity contribution in [2.24, 2.45) is 5.10 Å². The maximum absolute atomic E-state index is 5.77. The lowest BCUT2D eigenvalue weighted by molar-refractivity contribution is 0.131. The van der Waals surface area contributed by atoms with Gasteiger partial charge < -0.3 is 4.74 Å². The van der Waals surface area contributed by atoms with Gasteiger partial charge in [0.25, 0.3) is 0 Å². The molecule has 0 amide bonds. The van der Waals surface area contributed by atoms with E-state index in [0.717, 1.165) is 17.0 Å². The fourth-order valence-electron chi connectivity index (χ4n) is 1.67. The maximum atomic E-state index is 5.77. The zero-order valence-electron chi connectivity index (χ0n) is 12.1. The number of ether oxygens (including phenoxy) is 1. The van der Waals surface area contributed by atoms with Crippen LogP contribution in [0.1, 0.15) is 26.3 Å². The Labute approximate surface area is 120 Å². The molecule has 20 heavy (non-hydrogen) atoms. The zero-order chi connectivity index (χ0) is 14.4. The van der Waals surface area contributed by atoms with Gasteiger partial charge in [0, 0.05) is 0 Å². The molecule has 104 valence electrons. The molecule has 0 aromatic heterocycles. The van der Waals surface area contributed by atoms with Crippen molar-refractivity contribution >= 4 is 11.9 Å². The van der Waals surface area contributed by atoms with E-state index in [1.807, 2.05) is 75.4 Å². The molecule has 1 N–H and O–H groups in total. The Morgan fingerprint density at radius 3 is 2.20 bits per heavy atom. The average Bonchev–Trinajstić information content (AvgIpc) is 2.40. The van der Waals surface area contributed by atoms with E-state index >= 15 is 0 Å². The minimum atomic E-state index is -0.176. The normalized spacial score (nSPS) is 11.6. The van der Waals surface area contributed by atoms with Gasteiger partial charge in [-0.15, -0.1) is 0 Å². The molecule has 3 heteroatoms. The fourth-order valence-corrected chi connectivity index (χ4v) is 1.67. The molecule has 0 heterocycles. The lowest BCUT2D eigenvalue weighted by Gasteiger charge is -2.21. The first-order valence-electron chi connectivity index (χ1n) is 6.66. The van der Waals surface area contributed by atoms with E-state index in [9.17, 15) is 0 Å². The summed E-state index contributed by atoms with van der Waals surface area (Å²) < 4.78 is 5.77. The van der Waals surface area contributed by atoms with Crippen molar-refractivity contribution in [2.75, 3.05) is 5.43 Å². The van der Waals surface area contributed by atoms with E-state index in [0.29, 0.717) is 0 Å². The van der Waals surface area contributed by atoms with Gasteiger partial charge in [0.05, 0.1) is 11.9 Å². The van der Waals surface area contributed by atoms with E-state index in [4.69, 9.17) is 4.74 Å². The number of nitrogens with one attached hydrogen (secondary N) is 1. The van der Waals surface area contributed by atoms with E-state index in [1.54, 1.807) is 6.21 Å². The summed E-state index contributed by atoms with van der Waals surface area (Å²) in [6.45, 7) is 6.10. The van der Waals surface area contributed by atoms with Crippen LogP contribution >= 0.6 is 0 Å². The average molecular weight is 268 g/mol. The molecule has 2 rings (SSSR count). The van der Waals surface area contributed by atoms with Gasteiger partial charge in [0.2, 0.25) is 0 Å². The fraction of sp³-hybridized carbons (Fsp3) is 0.235. The predicted molar refractivity (Wildman–Crippen MR) is 84.5 cm³/mol. The van der Waals surface area contributed by atoms with Gasteiger partial charge in [0.1, 0.15) is 11.4 Å². The van der Waals surface area contributed by atoms with Gasteiger partial charge in [-0.25, -0.2) is 0 Å². The Kier molecular flexibility index (Phi) is 4.41. The van der Waals surface area contributed by atoms with Gasteiger partial charge in [-0.3, -0.25) is 5.43 Å². The molecule has 0 saturated heterocycles. The smallest absolute Gasteiger partial charge is 0.120 e. The minimum Gasteiger partial charge on any atom is -0.488 e. The number of hydrogen-bond donors (Lipinski definition) is 1. The van der Waals surface area contributed by atoms with E-state index in [-0.39, 0.29) is 5.60 Å². The van der Waals surface area contributed by atoms with Crippen molar-refractivity contribution in [3.8, 4) is 5.75 Å². The van der Waals surface area contributed by atoms with E-state index < -0.39 is 0 Å². The molecule has 0 saturated carbocycles. The monoisotopic (exact) mass is 268 g/mol. The molecule has 0 aliphatic carbocycles. The summed E-state index contributed by atoms with van der Waals surface area (Å²) in [5.41, 5.74) is 4.80. The molecular formula is C17H20N2O. The number of hydrazone groups is 1. The molecule has 0 aliphatic heterocycles. The Hall–Kier alpha value is -2.29. The summed E-state index contributed by atoms with van der Waals surface area (Å²) >= 11 is 0. The van der Waals surface area contributed by atoms with Crippen molar-refractivity contribution in [1.82, 2.24) is 0 Å². The van der Waals surface area contributed by atoms with Gasteiger partial charge in [-0.2, -0.15) is 5.10 Å². The first-order valence-corrected chi connectivity index (χ1v) is 6.66. The lowest BCUT2D eigenvalue weighted by atomic mass is 10.2. The standard InChI is InChI=1S/C17H20N2O/c1-17(2,3)20-16-11-9-14(10-12-16)13-18-19-15-7-5-4-6-8-15/h4-13,19H,1-3H3/b18-13+. The van der Waals surface area contributed by atoms with Gasteiger partial charge >= 0.3 is 0 Å². The van der Waals surface area contributed by atoms with Crippen LogP contribution in [0.25, 0.3) is 0 Å². The predicted octanol–water partition coefficient (Wildman–Crippen LogP) is 4.31. The van der Waals surface area contributed by atoms with Crippen LogP contribution in [-0.2, 0) is 0 Å². The third-order valence-electron chi connectivity index (χ3n) is 2.49. The maximum Gasteiger partial charge on any atom is 0.120 e. The topological polar surface area (TPSA) is 33.6 Å². The highest BCUT2D eigenvalue weighted by molar-refractivity contribution is 5.80. The van der Waals surface area contributed by atoms with Crippen molar-refractivity contribution in [3.05, 3.63) is 60.2 Å². The van der Waals surface area contributed by atoms with E-state index in [2.05, 4.69) is 10.5 Å². The van der Waals surface area contributed by atoms with Crippen molar-refractivity contribution in [3.63, 3.8) is 0 Å². The van der Waals surface area contributed by atoms with E-state index in [1.165, 1.54) is 0 Å². The molecule has 0 fully saturated rings. The van der Waals surface area contributed by atoms with Crippen LogP contribution in [0.3, 0.4) is 0 Å². The highest BCUT2D eigenvalue weighted by Crippen LogP contribution is 2.17. The highest BCUT2D eigenvalue weighted by atomic mass is 16.5. The van der Waals surface area contributed by atoms with Crippen LogP contribution in [0.2, 0.25) is 0 Å². The summed E-state index contributed by atoms with van der Waals surface area (Å²) in [6.07, 6.45) is 1.79. The summed E-state index contributed by atoms with van der Waals surface area (Å²) in [7, 11) is 0. The largest absolute Gasteiger partial charge is 0.488 e. The van der Waals surface area contributed by atoms with Crippen molar-refractivity contribution in [1.29, 1.82) is 0 Å². The Morgan fingerprint density at radius 1 is 0.950 bits per heavy atom. The van der Waals surface area contributed by atoms with Crippen LogP contribution < -0.4 is 10.2 Å². The second-order valence-electron chi connectivity index (χ2n) is 5.52. The number of nitrogens with zero attached hydrogens (tertiary/aromatic N) is 1. The summed E-state index contributed by atoms with van der Waals surface area (Å²) in [5.74, 6) is 0.866. The van der Waals surface area contributed by atoms with Gasteiger partial charge in [-0.05, 0) is 62.7 Å². The number of hydrogen-bond acceptors (Lipinski definition) is 3. The molecule has 0 spiro atoms.